The lowest BCUT2D eigenvalue weighted by atomic mass is 9.85. The molecule has 1 aliphatic rings. The Morgan fingerprint density at radius 1 is 1.29 bits per heavy atom. The van der Waals surface area contributed by atoms with Crippen LogP contribution in [0.3, 0.4) is 0 Å². The Morgan fingerprint density at radius 2 is 1.97 bits per heavy atom. The Bertz CT molecular complexity index is 1340. The van der Waals surface area contributed by atoms with Gasteiger partial charge in [-0.2, -0.15) is 23.0 Å². The third kappa shape index (κ3) is 5.20. The number of rotatable bonds is 7. The van der Waals surface area contributed by atoms with Crippen LogP contribution in [-0.4, -0.2) is 82.3 Å². The molecule has 3 aromatic rings. The number of alkyl halides is 3. The molecule has 1 aliphatic heterocycles. The summed E-state index contributed by atoms with van der Waals surface area (Å²) < 4.78 is 48.8. The van der Waals surface area contributed by atoms with E-state index in [9.17, 15) is 22.8 Å². The fraction of sp³-hybridized carbons (Fsp3) is 0.348. The average Bonchev–Trinajstić information content (AvgIpc) is 3.49. The van der Waals surface area contributed by atoms with Crippen molar-refractivity contribution in [1.29, 1.82) is 5.41 Å². The third-order valence-corrected chi connectivity index (χ3v) is 7.64. The maximum Gasteiger partial charge on any atom is 0.409 e. The van der Waals surface area contributed by atoms with Crippen molar-refractivity contribution >= 4 is 40.9 Å². The van der Waals surface area contributed by atoms with Crippen LogP contribution in [-0.2, 0) is 5.75 Å². The molecule has 3 heterocycles. The zero-order chi connectivity index (χ0) is 27.8. The second-order valence-electron chi connectivity index (χ2n) is 8.64. The molecule has 1 fully saturated rings. The van der Waals surface area contributed by atoms with Gasteiger partial charge < -0.3 is 20.3 Å². The molecule has 4 rings (SSSR count). The normalized spacial score (nSPS) is 17.2. The van der Waals surface area contributed by atoms with Gasteiger partial charge in [-0.05, 0) is 5.56 Å². The second kappa shape index (κ2) is 10.6. The quantitative estimate of drug-likeness (QED) is 0.253. The molecule has 2 amide bonds. The molecule has 0 aliphatic carbocycles. The highest BCUT2D eigenvalue weighted by molar-refractivity contribution is 7.98. The first-order valence-electron chi connectivity index (χ1n) is 11.1. The number of halogens is 3. The predicted octanol–water partition coefficient (Wildman–Crippen LogP) is 3.62. The van der Waals surface area contributed by atoms with Crippen LogP contribution < -0.4 is 10.5 Å². The Kier molecular flexibility index (Phi) is 7.69. The minimum absolute atomic E-state index is 0.0372. The topological polar surface area (TPSA) is 130 Å². The van der Waals surface area contributed by atoms with Crippen LogP contribution in [0.4, 0.5) is 18.0 Å². The number of hydrogen-bond acceptors (Lipinski definition) is 8. The number of hydrogen-bond donors (Lipinski definition) is 2. The van der Waals surface area contributed by atoms with E-state index in [-0.39, 0.29) is 34.5 Å². The van der Waals surface area contributed by atoms with Crippen molar-refractivity contribution in [1.82, 2.24) is 24.6 Å². The van der Waals surface area contributed by atoms with Crippen molar-refractivity contribution in [2.75, 3.05) is 27.7 Å². The number of ether oxygens (including phenoxy) is 1. The minimum Gasteiger partial charge on any atom is -0.492 e. The molecule has 1 saturated heterocycles. The summed E-state index contributed by atoms with van der Waals surface area (Å²) in [4.78, 5) is 31.5. The van der Waals surface area contributed by atoms with E-state index < -0.39 is 30.1 Å². The van der Waals surface area contributed by atoms with Crippen LogP contribution in [0, 0.1) is 5.41 Å². The van der Waals surface area contributed by atoms with E-state index in [2.05, 4.69) is 10.1 Å². The summed E-state index contributed by atoms with van der Waals surface area (Å²) >= 11 is 2.35. The Hall–Kier alpha value is -3.59. The van der Waals surface area contributed by atoms with Crippen LogP contribution in [0.2, 0.25) is 0 Å². The first-order valence-corrected chi connectivity index (χ1v) is 13.1. The van der Waals surface area contributed by atoms with E-state index >= 15 is 0 Å². The molecule has 2 atom stereocenters. The number of nitrogens with zero attached hydrogens (tertiary/aromatic N) is 5. The minimum atomic E-state index is -4.73. The zero-order valence-corrected chi connectivity index (χ0v) is 22.2. The van der Waals surface area contributed by atoms with E-state index in [1.165, 1.54) is 43.4 Å². The van der Waals surface area contributed by atoms with Crippen molar-refractivity contribution in [2.45, 2.75) is 28.9 Å². The molecular formula is C23H24F3N7O3S2. The number of nitrogen functional groups attached to an aromatic ring is 1. The van der Waals surface area contributed by atoms with E-state index in [4.69, 9.17) is 15.9 Å². The maximum atomic E-state index is 14.1. The van der Waals surface area contributed by atoms with Crippen LogP contribution in [0.15, 0.2) is 40.2 Å². The van der Waals surface area contributed by atoms with Crippen LogP contribution in [0.5, 0.6) is 5.75 Å². The molecule has 15 heteroatoms. The van der Waals surface area contributed by atoms with Gasteiger partial charge >= 0.3 is 12.2 Å². The number of amides is 2. The number of benzene rings is 1. The fourth-order valence-electron chi connectivity index (χ4n) is 4.06. The molecule has 38 heavy (non-hydrogen) atoms. The summed E-state index contributed by atoms with van der Waals surface area (Å²) in [6.45, 7) is -0.240. The fourth-order valence-corrected chi connectivity index (χ4v) is 5.65. The predicted molar refractivity (Wildman–Crippen MR) is 136 cm³/mol. The number of aromatic nitrogens is 3. The standard InChI is InChI=1S/C23H24F3N7O3S2/c1-31(2)22(35)32-8-14(18(32)23(24,25)26)16-17(36-3)21(33(30-16)20(34)15-10-37-11-29-15)38-9-12-4-6-13(7-5-12)19(27)28/h4-7,10-11,14,18H,8-9H2,1-3H3,(H3,27,28). The van der Waals surface area contributed by atoms with E-state index in [1.807, 2.05) is 0 Å². The van der Waals surface area contributed by atoms with E-state index in [0.717, 1.165) is 31.8 Å². The first-order chi connectivity index (χ1) is 17.9. The highest BCUT2D eigenvalue weighted by Gasteiger charge is 2.59. The number of nitrogens with two attached hydrogens (primary N) is 1. The van der Waals surface area contributed by atoms with E-state index in [1.54, 1.807) is 24.3 Å². The van der Waals surface area contributed by atoms with Gasteiger partial charge in [0.25, 0.3) is 5.91 Å². The van der Waals surface area contributed by atoms with Crippen LogP contribution in [0.1, 0.15) is 33.2 Å². The number of amidine groups is 1. The number of carbonyl (C=O) groups is 2. The summed E-state index contributed by atoms with van der Waals surface area (Å²) in [5.41, 5.74) is 8.36. The zero-order valence-electron chi connectivity index (χ0n) is 20.5. The molecule has 0 saturated carbocycles. The van der Waals surface area contributed by atoms with Gasteiger partial charge in [0, 0.05) is 37.3 Å². The molecular weight excluding hydrogens is 543 g/mol. The van der Waals surface area contributed by atoms with E-state index in [0.29, 0.717) is 11.3 Å². The smallest absolute Gasteiger partial charge is 0.409 e. The van der Waals surface area contributed by atoms with Gasteiger partial charge in [0.2, 0.25) is 0 Å². The van der Waals surface area contributed by atoms with Crippen molar-refractivity contribution in [2.24, 2.45) is 5.73 Å². The monoisotopic (exact) mass is 567 g/mol. The number of thiazole rings is 1. The number of likely N-dealkylation sites (tertiary alicyclic amines) is 1. The summed E-state index contributed by atoms with van der Waals surface area (Å²) in [6, 6.07) is 3.98. The van der Waals surface area contributed by atoms with Crippen molar-refractivity contribution in [3.8, 4) is 5.75 Å². The highest BCUT2D eigenvalue weighted by Crippen LogP contribution is 2.48. The highest BCUT2D eigenvalue weighted by atomic mass is 32.2. The summed E-state index contributed by atoms with van der Waals surface area (Å²) in [7, 11) is 4.05. The molecule has 3 N–H and O–H groups in total. The van der Waals surface area contributed by atoms with Crippen molar-refractivity contribution in [3.05, 3.63) is 57.7 Å². The molecule has 10 nitrogen and oxygen atoms in total. The maximum absolute atomic E-state index is 14.1. The summed E-state index contributed by atoms with van der Waals surface area (Å²) in [5, 5.41) is 13.6. The Morgan fingerprint density at radius 3 is 2.50 bits per heavy atom. The van der Waals surface area contributed by atoms with Gasteiger partial charge in [-0.3, -0.25) is 10.2 Å². The second-order valence-corrected chi connectivity index (χ2v) is 10.3. The number of urea groups is 1. The SMILES string of the molecule is COc1c(C2CN(C(=O)N(C)C)C2C(F)(F)F)nn(C(=O)c2cscn2)c1SCc1ccc(C(=N)N)cc1. The molecule has 0 radical (unpaired) electrons. The van der Waals surface area contributed by atoms with Gasteiger partial charge in [0.05, 0.1) is 18.5 Å². The molecule has 1 aromatic carbocycles. The van der Waals surface area contributed by atoms with Crippen LogP contribution in [0.25, 0.3) is 0 Å². The van der Waals surface area contributed by atoms with Gasteiger partial charge in [-0.1, -0.05) is 36.0 Å². The Balaban J connectivity index is 1.73. The van der Waals surface area contributed by atoms with Crippen LogP contribution >= 0.6 is 23.1 Å². The van der Waals surface area contributed by atoms with Crippen molar-refractivity contribution in [3.63, 3.8) is 0 Å². The summed E-state index contributed by atoms with van der Waals surface area (Å²) in [6.07, 6.45) is -4.73. The summed E-state index contributed by atoms with van der Waals surface area (Å²) in [5.74, 6) is -1.57. The molecule has 2 aromatic heterocycles. The van der Waals surface area contributed by atoms with Gasteiger partial charge in [-0.15, -0.1) is 11.3 Å². The third-order valence-electron chi connectivity index (χ3n) is 5.94. The number of methoxy groups -OCH3 is 1. The molecule has 0 bridgehead atoms. The lowest BCUT2D eigenvalue weighted by Crippen LogP contribution is -2.65. The largest absolute Gasteiger partial charge is 0.492 e. The number of thioether (sulfide) groups is 1. The van der Waals surface area contributed by atoms with Gasteiger partial charge in [0.15, 0.2) is 5.75 Å². The van der Waals surface area contributed by atoms with Crippen molar-refractivity contribution < 1.29 is 27.5 Å². The average molecular weight is 568 g/mol. The van der Waals surface area contributed by atoms with Gasteiger partial charge in [0.1, 0.15) is 28.3 Å². The lowest BCUT2D eigenvalue weighted by molar-refractivity contribution is -0.208. The molecule has 0 spiro atoms. The lowest BCUT2D eigenvalue weighted by Gasteiger charge is -2.48. The number of nitrogens with one attached hydrogen (secondary N) is 1. The first kappa shape index (κ1) is 27.4. The molecule has 202 valence electrons. The number of carbonyl (C=O) groups excluding carboxylic acids is 2. The molecule has 2 unspecified atom stereocenters. The van der Waals surface area contributed by atoms with Gasteiger partial charge in [-0.25, -0.2) is 9.78 Å². The Labute approximate surface area is 224 Å².